The van der Waals surface area contributed by atoms with Crippen LogP contribution in [0.25, 0.3) is 0 Å². The van der Waals surface area contributed by atoms with Gasteiger partial charge in [0, 0.05) is 22.6 Å². The Morgan fingerprint density at radius 1 is 1.13 bits per heavy atom. The molecule has 0 aliphatic carbocycles. The van der Waals surface area contributed by atoms with Crippen molar-refractivity contribution in [2.45, 2.75) is 11.8 Å². The molecular formula is C20H17ClFN3O4S. The molecule has 0 aliphatic rings. The Balaban J connectivity index is 1.86. The highest BCUT2D eigenvalue weighted by Crippen LogP contribution is 2.24. The van der Waals surface area contributed by atoms with Crippen molar-refractivity contribution in [3.63, 3.8) is 0 Å². The van der Waals surface area contributed by atoms with Crippen LogP contribution in [-0.2, 0) is 10.0 Å². The highest BCUT2D eigenvalue weighted by Gasteiger charge is 2.21. The predicted octanol–water partition coefficient (Wildman–Crippen LogP) is 4.33. The van der Waals surface area contributed by atoms with Crippen LogP contribution in [0.2, 0.25) is 5.02 Å². The van der Waals surface area contributed by atoms with E-state index in [0.717, 1.165) is 12.1 Å². The first-order valence-corrected chi connectivity index (χ1v) is 10.6. The summed E-state index contributed by atoms with van der Waals surface area (Å²) in [6, 6.07) is 12.2. The zero-order valence-electron chi connectivity index (χ0n) is 15.7. The Bertz CT molecular complexity index is 1170. The van der Waals surface area contributed by atoms with E-state index in [1.807, 2.05) is 0 Å². The number of hydrogen-bond donors (Lipinski definition) is 2. The molecule has 1 heterocycles. The predicted molar refractivity (Wildman–Crippen MR) is 112 cm³/mol. The number of amides is 1. The molecule has 0 bridgehead atoms. The quantitative estimate of drug-likeness (QED) is 0.559. The summed E-state index contributed by atoms with van der Waals surface area (Å²) in [6.45, 7) is 2.06. The Morgan fingerprint density at radius 2 is 1.83 bits per heavy atom. The van der Waals surface area contributed by atoms with E-state index in [2.05, 4.69) is 15.0 Å². The van der Waals surface area contributed by atoms with Gasteiger partial charge in [-0.2, -0.15) is 0 Å². The van der Waals surface area contributed by atoms with Gasteiger partial charge >= 0.3 is 0 Å². The normalized spacial score (nSPS) is 11.0. The first-order valence-electron chi connectivity index (χ1n) is 8.77. The van der Waals surface area contributed by atoms with Crippen LogP contribution >= 0.6 is 11.6 Å². The van der Waals surface area contributed by atoms with Crippen molar-refractivity contribution in [2.24, 2.45) is 0 Å². The summed E-state index contributed by atoms with van der Waals surface area (Å²) in [5, 5.41) is 2.96. The number of nitrogens with zero attached hydrogens (tertiary/aromatic N) is 1. The van der Waals surface area contributed by atoms with Gasteiger partial charge in [0.2, 0.25) is 5.88 Å². The zero-order valence-corrected chi connectivity index (χ0v) is 17.3. The van der Waals surface area contributed by atoms with Gasteiger partial charge < -0.3 is 10.1 Å². The number of sulfonamides is 1. The average Bonchev–Trinajstić information content (AvgIpc) is 2.71. The maximum Gasteiger partial charge on any atom is 0.264 e. The van der Waals surface area contributed by atoms with Crippen LogP contribution in [0.3, 0.4) is 0 Å². The number of pyridine rings is 1. The van der Waals surface area contributed by atoms with Gasteiger partial charge in [-0.3, -0.25) is 9.52 Å². The van der Waals surface area contributed by atoms with E-state index in [-0.39, 0.29) is 22.8 Å². The van der Waals surface area contributed by atoms with Gasteiger partial charge in [-0.25, -0.2) is 17.8 Å². The lowest BCUT2D eigenvalue weighted by Gasteiger charge is -2.12. The fraction of sp³-hybridized carbons (Fsp3) is 0.100. The molecule has 1 amide bonds. The molecule has 0 radical (unpaired) electrons. The number of hydrogen-bond acceptors (Lipinski definition) is 5. The van der Waals surface area contributed by atoms with E-state index in [1.54, 1.807) is 13.0 Å². The lowest BCUT2D eigenvalue weighted by Crippen LogP contribution is -2.17. The molecule has 0 unspecified atom stereocenters. The first kappa shape index (κ1) is 21.5. The Kier molecular flexibility index (Phi) is 6.53. The highest BCUT2D eigenvalue weighted by atomic mass is 35.5. The minimum Gasteiger partial charge on any atom is -0.477 e. The van der Waals surface area contributed by atoms with E-state index in [4.69, 9.17) is 16.3 Å². The smallest absolute Gasteiger partial charge is 0.264 e. The molecule has 0 saturated carbocycles. The Morgan fingerprint density at radius 3 is 2.53 bits per heavy atom. The van der Waals surface area contributed by atoms with Gasteiger partial charge in [0.05, 0.1) is 6.61 Å². The summed E-state index contributed by atoms with van der Waals surface area (Å²) in [5.74, 6) is -1.41. The summed E-state index contributed by atoms with van der Waals surface area (Å²) in [5.41, 5.74) is 0.460. The second kappa shape index (κ2) is 9.10. The first-order chi connectivity index (χ1) is 14.3. The molecule has 30 heavy (non-hydrogen) atoms. The Hall–Kier alpha value is -3.17. The number of carbonyl (C=O) groups excluding carboxylic acids is 1. The monoisotopic (exact) mass is 449 g/mol. The van der Waals surface area contributed by atoms with Crippen LogP contribution in [0.15, 0.2) is 65.7 Å². The van der Waals surface area contributed by atoms with E-state index in [0.29, 0.717) is 11.6 Å². The van der Waals surface area contributed by atoms with Crippen molar-refractivity contribution in [1.29, 1.82) is 0 Å². The van der Waals surface area contributed by atoms with Crippen molar-refractivity contribution in [3.05, 3.63) is 77.2 Å². The summed E-state index contributed by atoms with van der Waals surface area (Å²) in [4.78, 5) is 16.0. The molecule has 2 N–H and O–H groups in total. The number of aromatic nitrogens is 1. The third-order valence-corrected chi connectivity index (χ3v) is 5.52. The molecule has 3 rings (SSSR count). The Labute approximate surface area is 177 Å². The van der Waals surface area contributed by atoms with Crippen LogP contribution in [0.5, 0.6) is 5.88 Å². The number of rotatable bonds is 7. The number of halogens is 2. The number of carbonyl (C=O) groups is 1. The van der Waals surface area contributed by atoms with Gasteiger partial charge in [-0.15, -0.1) is 0 Å². The third-order valence-electron chi connectivity index (χ3n) is 3.87. The number of anilines is 2. The zero-order chi connectivity index (χ0) is 21.7. The second-order valence-corrected chi connectivity index (χ2v) is 8.09. The standard InChI is InChI=1S/C20H17ClFN3O4S/c1-2-29-20-16(4-3-11-23-20)19(26)24-15-9-10-17(22)18(12-15)30(27,28)25-14-7-5-13(21)6-8-14/h3-12,25H,2H2,1H3,(H,24,26). The largest absolute Gasteiger partial charge is 0.477 e. The molecule has 10 heteroatoms. The van der Waals surface area contributed by atoms with E-state index >= 15 is 0 Å². The van der Waals surface area contributed by atoms with Crippen LogP contribution in [-0.4, -0.2) is 25.9 Å². The molecule has 156 valence electrons. The molecule has 0 aliphatic heterocycles. The SMILES string of the molecule is CCOc1ncccc1C(=O)Nc1ccc(F)c(S(=O)(=O)Nc2ccc(Cl)cc2)c1. The van der Waals surface area contributed by atoms with Crippen molar-refractivity contribution in [3.8, 4) is 5.88 Å². The van der Waals surface area contributed by atoms with Gasteiger partial charge in [-0.1, -0.05) is 11.6 Å². The van der Waals surface area contributed by atoms with Gasteiger partial charge in [0.15, 0.2) is 0 Å². The third kappa shape index (κ3) is 5.05. The molecular weight excluding hydrogens is 433 g/mol. The topological polar surface area (TPSA) is 97.4 Å². The maximum atomic E-state index is 14.3. The van der Waals surface area contributed by atoms with Gasteiger partial charge in [-0.05, 0) is 61.5 Å². The van der Waals surface area contributed by atoms with Crippen molar-refractivity contribution >= 4 is 38.9 Å². The fourth-order valence-corrected chi connectivity index (χ4v) is 3.82. The molecule has 7 nitrogen and oxygen atoms in total. The maximum absolute atomic E-state index is 14.3. The lowest BCUT2D eigenvalue weighted by molar-refractivity contribution is 0.102. The lowest BCUT2D eigenvalue weighted by atomic mass is 10.2. The second-order valence-electron chi connectivity index (χ2n) is 6.00. The van der Waals surface area contributed by atoms with Gasteiger partial charge in [0.25, 0.3) is 15.9 Å². The molecule has 1 aromatic heterocycles. The minimum absolute atomic E-state index is 0.0872. The number of ether oxygens (including phenoxy) is 1. The molecule has 3 aromatic rings. The highest BCUT2D eigenvalue weighted by molar-refractivity contribution is 7.92. The molecule has 0 fully saturated rings. The van der Waals surface area contributed by atoms with Crippen molar-refractivity contribution in [1.82, 2.24) is 4.98 Å². The molecule has 2 aromatic carbocycles. The van der Waals surface area contributed by atoms with Crippen LogP contribution in [0.1, 0.15) is 17.3 Å². The van der Waals surface area contributed by atoms with E-state index in [1.165, 1.54) is 42.6 Å². The van der Waals surface area contributed by atoms with Crippen molar-refractivity contribution in [2.75, 3.05) is 16.6 Å². The summed E-state index contributed by atoms with van der Waals surface area (Å²) < 4.78 is 47.1. The fourth-order valence-electron chi connectivity index (χ4n) is 2.53. The minimum atomic E-state index is -4.25. The summed E-state index contributed by atoms with van der Waals surface area (Å²) in [6.07, 6.45) is 1.48. The van der Waals surface area contributed by atoms with Crippen LogP contribution < -0.4 is 14.8 Å². The molecule has 0 spiro atoms. The summed E-state index contributed by atoms with van der Waals surface area (Å²) in [7, 11) is -4.25. The van der Waals surface area contributed by atoms with E-state index < -0.39 is 26.6 Å². The van der Waals surface area contributed by atoms with E-state index in [9.17, 15) is 17.6 Å². The van der Waals surface area contributed by atoms with Crippen LogP contribution in [0, 0.1) is 5.82 Å². The average molecular weight is 450 g/mol. The summed E-state index contributed by atoms with van der Waals surface area (Å²) >= 11 is 5.78. The van der Waals surface area contributed by atoms with Crippen LogP contribution in [0.4, 0.5) is 15.8 Å². The molecule has 0 atom stereocenters. The number of nitrogens with one attached hydrogen (secondary N) is 2. The van der Waals surface area contributed by atoms with Crippen molar-refractivity contribution < 1.29 is 22.3 Å². The number of benzene rings is 2. The van der Waals surface area contributed by atoms with Gasteiger partial charge in [0.1, 0.15) is 16.3 Å². The molecule has 0 saturated heterocycles.